The first-order valence-corrected chi connectivity index (χ1v) is 8.29. The molecule has 1 aliphatic rings. The molecule has 1 aliphatic heterocycles. The van der Waals surface area contributed by atoms with Crippen LogP contribution in [-0.4, -0.2) is 45.9 Å². The molecule has 0 saturated carbocycles. The zero-order valence-corrected chi connectivity index (χ0v) is 14.2. The van der Waals surface area contributed by atoms with Gasteiger partial charge in [0.05, 0.1) is 18.6 Å². The summed E-state index contributed by atoms with van der Waals surface area (Å²) in [6.07, 6.45) is 2.69. The van der Waals surface area contributed by atoms with Crippen molar-refractivity contribution in [2.45, 2.75) is 38.0 Å². The molecule has 3 rings (SSSR count). The van der Waals surface area contributed by atoms with E-state index in [2.05, 4.69) is 5.16 Å². The second kappa shape index (κ2) is 7.48. The van der Waals surface area contributed by atoms with E-state index in [1.54, 1.807) is 18.0 Å². The van der Waals surface area contributed by atoms with E-state index < -0.39 is 6.04 Å². The molecule has 0 aliphatic carbocycles. The van der Waals surface area contributed by atoms with Crippen LogP contribution in [0.1, 0.15) is 24.1 Å². The standard InChI is InChI=1S/C18H22N4O3/c1-21(12-14-9-10-25-20-14)18(24)16-8-7-15(17(19)23)22(16)11-13-5-3-2-4-6-13/h2-6,9-10,15-16H,7-8,11-12H2,1H3,(H2,19,23)/t15-,16+/m0/s1. The van der Waals surface area contributed by atoms with Crippen molar-refractivity contribution < 1.29 is 14.1 Å². The summed E-state index contributed by atoms with van der Waals surface area (Å²) in [4.78, 5) is 28.3. The molecular weight excluding hydrogens is 320 g/mol. The van der Waals surface area contributed by atoms with E-state index in [0.29, 0.717) is 31.6 Å². The van der Waals surface area contributed by atoms with Crippen molar-refractivity contribution in [3.8, 4) is 0 Å². The number of nitrogens with zero attached hydrogens (tertiary/aromatic N) is 3. The third-order valence-electron chi connectivity index (χ3n) is 4.60. The Balaban J connectivity index is 1.75. The number of benzene rings is 1. The highest BCUT2D eigenvalue weighted by Gasteiger charge is 2.41. The lowest BCUT2D eigenvalue weighted by Gasteiger charge is -2.30. The van der Waals surface area contributed by atoms with Crippen LogP contribution in [-0.2, 0) is 22.7 Å². The summed E-state index contributed by atoms with van der Waals surface area (Å²) in [6.45, 7) is 0.884. The van der Waals surface area contributed by atoms with Crippen LogP contribution < -0.4 is 5.73 Å². The van der Waals surface area contributed by atoms with Gasteiger partial charge in [0.1, 0.15) is 12.0 Å². The molecule has 1 aromatic carbocycles. The quantitative estimate of drug-likeness (QED) is 0.850. The maximum Gasteiger partial charge on any atom is 0.240 e. The number of hydrogen-bond donors (Lipinski definition) is 1. The first-order valence-electron chi connectivity index (χ1n) is 8.29. The maximum atomic E-state index is 12.9. The number of nitrogens with two attached hydrogens (primary N) is 1. The Morgan fingerprint density at radius 3 is 2.60 bits per heavy atom. The number of likely N-dealkylation sites (N-methyl/N-ethyl adjacent to an activating group) is 1. The van der Waals surface area contributed by atoms with Crippen LogP contribution in [0, 0.1) is 0 Å². The molecule has 1 saturated heterocycles. The molecule has 0 unspecified atom stereocenters. The fourth-order valence-electron chi connectivity index (χ4n) is 3.34. The Hall–Kier alpha value is -2.67. The fourth-order valence-corrected chi connectivity index (χ4v) is 3.34. The van der Waals surface area contributed by atoms with Gasteiger partial charge in [0.25, 0.3) is 0 Å². The lowest BCUT2D eigenvalue weighted by Crippen LogP contribution is -2.49. The topological polar surface area (TPSA) is 92.7 Å². The van der Waals surface area contributed by atoms with E-state index in [9.17, 15) is 9.59 Å². The predicted octanol–water partition coefficient (Wildman–Crippen LogP) is 1.15. The third-order valence-corrected chi connectivity index (χ3v) is 4.60. The number of aromatic nitrogens is 1. The molecular formula is C18H22N4O3. The molecule has 7 nitrogen and oxygen atoms in total. The molecule has 25 heavy (non-hydrogen) atoms. The van der Waals surface area contributed by atoms with Gasteiger partial charge in [0, 0.05) is 19.7 Å². The fraction of sp³-hybridized carbons (Fsp3) is 0.389. The van der Waals surface area contributed by atoms with Crippen LogP contribution >= 0.6 is 0 Å². The summed E-state index contributed by atoms with van der Waals surface area (Å²) in [6, 6.07) is 10.7. The number of primary amides is 1. The highest BCUT2D eigenvalue weighted by molar-refractivity contribution is 5.86. The van der Waals surface area contributed by atoms with Crippen molar-refractivity contribution >= 4 is 11.8 Å². The van der Waals surface area contributed by atoms with Crippen molar-refractivity contribution in [2.24, 2.45) is 5.73 Å². The van der Waals surface area contributed by atoms with Gasteiger partial charge in [-0.05, 0) is 18.4 Å². The molecule has 2 atom stereocenters. The molecule has 2 amide bonds. The van der Waals surface area contributed by atoms with Gasteiger partial charge in [-0.1, -0.05) is 35.5 Å². The van der Waals surface area contributed by atoms with Gasteiger partial charge in [0.15, 0.2) is 0 Å². The Morgan fingerprint density at radius 1 is 1.24 bits per heavy atom. The second-order valence-corrected chi connectivity index (χ2v) is 6.35. The number of rotatable bonds is 6. The number of carbonyl (C=O) groups is 2. The highest BCUT2D eigenvalue weighted by atomic mass is 16.5. The minimum absolute atomic E-state index is 0.0392. The Bertz CT molecular complexity index is 717. The average Bonchev–Trinajstić information content (AvgIpc) is 3.25. The van der Waals surface area contributed by atoms with Crippen LogP contribution in [0.15, 0.2) is 47.2 Å². The lowest BCUT2D eigenvalue weighted by molar-refractivity contribution is -0.136. The van der Waals surface area contributed by atoms with Crippen molar-refractivity contribution in [2.75, 3.05) is 7.05 Å². The summed E-state index contributed by atoms with van der Waals surface area (Å²) in [5.41, 5.74) is 7.30. The molecule has 2 heterocycles. The van der Waals surface area contributed by atoms with Crippen LogP contribution in [0.5, 0.6) is 0 Å². The average molecular weight is 342 g/mol. The normalized spacial score (nSPS) is 20.5. The van der Waals surface area contributed by atoms with Gasteiger partial charge in [-0.2, -0.15) is 0 Å². The predicted molar refractivity (Wildman–Crippen MR) is 91.0 cm³/mol. The molecule has 0 radical (unpaired) electrons. The molecule has 1 fully saturated rings. The second-order valence-electron chi connectivity index (χ2n) is 6.35. The summed E-state index contributed by atoms with van der Waals surface area (Å²) in [7, 11) is 1.73. The van der Waals surface area contributed by atoms with E-state index in [-0.39, 0.29) is 17.9 Å². The Labute approximate surface area is 146 Å². The summed E-state index contributed by atoms with van der Waals surface area (Å²) >= 11 is 0. The van der Waals surface area contributed by atoms with Gasteiger partial charge in [0.2, 0.25) is 11.8 Å². The van der Waals surface area contributed by atoms with Gasteiger partial charge >= 0.3 is 0 Å². The Morgan fingerprint density at radius 2 is 1.96 bits per heavy atom. The molecule has 7 heteroatoms. The summed E-state index contributed by atoms with van der Waals surface area (Å²) < 4.78 is 4.81. The molecule has 1 aromatic heterocycles. The highest BCUT2D eigenvalue weighted by Crippen LogP contribution is 2.27. The number of hydrogen-bond acceptors (Lipinski definition) is 5. The van der Waals surface area contributed by atoms with E-state index in [1.165, 1.54) is 6.26 Å². The molecule has 2 aromatic rings. The zero-order valence-electron chi connectivity index (χ0n) is 14.2. The summed E-state index contributed by atoms with van der Waals surface area (Å²) in [5.74, 6) is -0.423. The van der Waals surface area contributed by atoms with Crippen molar-refractivity contribution in [1.82, 2.24) is 15.0 Å². The first kappa shape index (κ1) is 17.2. The minimum Gasteiger partial charge on any atom is -0.368 e. The number of likely N-dealkylation sites (tertiary alicyclic amines) is 1. The Kier molecular flexibility index (Phi) is 5.14. The molecule has 0 spiro atoms. The van der Waals surface area contributed by atoms with E-state index in [4.69, 9.17) is 10.3 Å². The van der Waals surface area contributed by atoms with Gasteiger partial charge in [-0.15, -0.1) is 0 Å². The van der Waals surface area contributed by atoms with E-state index in [0.717, 1.165) is 5.56 Å². The van der Waals surface area contributed by atoms with Gasteiger partial charge in [-0.3, -0.25) is 14.5 Å². The van der Waals surface area contributed by atoms with Crippen molar-refractivity contribution in [1.29, 1.82) is 0 Å². The lowest BCUT2D eigenvalue weighted by atomic mass is 10.1. The largest absolute Gasteiger partial charge is 0.368 e. The van der Waals surface area contributed by atoms with Crippen molar-refractivity contribution in [3.05, 3.63) is 53.9 Å². The monoisotopic (exact) mass is 342 g/mol. The van der Waals surface area contributed by atoms with Crippen LogP contribution in [0.2, 0.25) is 0 Å². The van der Waals surface area contributed by atoms with Crippen LogP contribution in [0.4, 0.5) is 0 Å². The molecule has 2 N–H and O–H groups in total. The third kappa shape index (κ3) is 3.88. The van der Waals surface area contributed by atoms with E-state index in [1.807, 2.05) is 35.2 Å². The maximum absolute atomic E-state index is 12.9. The molecule has 132 valence electrons. The van der Waals surface area contributed by atoms with Gasteiger partial charge < -0.3 is 15.2 Å². The van der Waals surface area contributed by atoms with E-state index >= 15 is 0 Å². The SMILES string of the molecule is CN(Cc1ccon1)C(=O)[C@H]1CC[C@@H](C(N)=O)N1Cc1ccccc1. The van der Waals surface area contributed by atoms with Gasteiger partial charge in [-0.25, -0.2) is 0 Å². The summed E-state index contributed by atoms with van der Waals surface area (Å²) in [5, 5.41) is 3.84. The zero-order chi connectivity index (χ0) is 17.8. The molecule has 0 bridgehead atoms. The van der Waals surface area contributed by atoms with Crippen molar-refractivity contribution in [3.63, 3.8) is 0 Å². The number of amides is 2. The first-order chi connectivity index (χ1) is 12.1. The smallest absolute Gasteiger partial charge is 0.240 e. The van der Waals surface area contributed by atoms with Crippen LogP contribution in [0.3, 0.4) is 0 Å². The number of carbonyl (C=O) groups excluding carboxylic acids is 2. The minimum atomic E-state index is -0.422. The van der Waals surface area contributed by atoms with Crippen LogP contribution in [0.25, 0.3) is 0 Å².